The van der Waals surface area contributed by atoms with Crippen molar-refractivity contribution in [2.75, 3.05) is 6.61 Å². The molecule has 0 unspecified atom stereocenters. The topological polar surface area (TPSA) is 40.5 Å². The number of hydrogen-bond donors (Lipinski definition) is 2. The molecule has 0 aromatic heterocycles. The Hall–Kier alpha value is -0.600. The quantitative estimate of drug-likeness (QED) is 0.630. The van der Waals surface area contributed by atoms with Gasteiger partial charge in [0.05, 0.1) is 12.7 Å². The highest BCUT2D eigenvalue weighted by Gasteiger charge is 2.01. The van der Waals surface area contributed by atoms with E-state index in [1.54, 1.807) is 0 Å². The predicted octanol–water partition coefficient (Wildman–Crippen LogP) is 1.64. The molecule has 0 rings (SSSR count). The number of aliphatic hydroxyl groups is 2. The summed E-state index contributed by atoms with van der Waals surface area (Å²) in [5.41, 5.74) is 2.09. The van der Waals surface area contributed by atoms with E-state index in [4.69, 9.17) is 10.2 Å². The molecule has 2 nitrogen and oxygen atoms in total. The number of hydrogen-bond acceptors (Lipinski definition) is 2. The smallest absolute Gasteiger partial charge is 0.0978 e. The van der Waals surface area contributed by atoms with Gasteiger partial charge in [-0.15, -0.1) is 0 Å². The van der Waals surface area contributed by atoms with Crippen LogP contribution in [0.2, 0.25) is 0 Å². The lowest BCUT2D eigenvalue weighted by atomic mass is 10.1. The van der Waals surface area contributed by atoms with Crippen LogP contribution in [-0.4, -0.2) is 22.9 Å². The molecule has 0 amide bonds. The Morgan fingerprint density at radius 2 is 1.83 bits per heavy atom. The summed E-state index contributed by atoms with van der Waals surface area (Å²) in [6.45, 7) is 5.69. The Kier molecular flexibility index (Phi) is 5.68. The Balaban J connectivity index is 3.92. The van der Waals surface area contributed by atoms with Gasteiger partial charge in [0.15, 0.2) is 0 Å². The second-order valence-electron chi connectivity index (χ2n) is 3.16. The van der Waals surface area contributed by atoms with Gasteiger partial charge in [0.2, 0.25) is 0 Å². The summed E-state index contributed by atoms with van der Waals surface area (Å²) >= 11 is 0. The van der Waals surface area contributed by atoms with Crippen LogP contribution in [0.4, 0.5) is 0 Å². The second-order valence-corrected chi connectivity index (χ2v) is 3.16. The highest BCUT2D eigenvalue weighted by Crippen LogP contribution is 2.03. The first kappa shape index (κ1) is 11.4. The number of allylic oxidation sites excluding steroid dienone is 3. The van der Waals surface area contributed by atoms with Crippen LogP contribution >= 0.6 is 0 Å². The van der Waals surface area contributed by atoms with Crippen molar-refractivity contribution in [2.45, 2.75) is 33.3 Å². The molecule has 0 heterocycles. The molecule has 2 N–H and O–H groups in total. The van der Waals surface area contributed by atoms with Crippen LogP contribution in [0.25, 0.3) is 0 Å². The Morgan fingerprint density at radius 1 is 1.25 bits per heavy atom. The molecule has 0 fully saturated rings. The Morgan fingerprint density at radius 3 is 2.25 bits per heavy atom. The fourth-order valence-corrected chi connectivity index (χ4v) is 0.761. The summed E-state index contributed by atoms with van der Waals surface area (Å²) in [4.78, 5) is 0. The molecule has 0 aromatic carbocycles. The summed E-state index contributed by atoms with van der Waals surface area (Å²) in [6.07, 6.45) is 4.13. The third-order valence-corrected chi connectivity index (χ3v) is 1.66. The predicted molar refractivity (Wildman–Crippen MR) is 50.9 cm³/mol. The van der Waals surface area contributed by atoms with Crippen LogP contribution in [-0.2, 0) is 0 Å². The lowest BCUT2D eigenvalue weighted by Gasteiger charge is -2.06. The average Bonchev–Trinajstić information content (AvgIpc) is 2.02. The van der Waals surface area contributed by atoms with E-state index in [1.807, 2.05) is 26.8 Å². The minimum atomic E-state index is -0.699. The summed E-state index contributed by atoms with van der Waals surface area (Å²) in [5, 5.41) is 17.8. The SMILES string of the molecule is CC(C)=CC/C=C(\C)[C@H](O)CO. The lowest BCUT2D eigenvalue weighted by Crippen LogP contribution is -2.12. The maximum Gasteiger partial charge on any atom is 0.0978 e. The minimum absolute atomic E-state index is 0.197. The molecule has 0 aliphatic heterocycles. The molecule has 1 atom stereocenters. The minimum Gasteiger partial charge on any atom is -0.393 e. The van der Waals surface area contributed by atoms with Gasteiger partial charge in [0.25, 0.3) is 0 Å². The van der Waals surface area contributed by atoms with Gasteiger partial charge in [-0.05, 0) is 32.8 Å². The van der Waals surface area contributed by atoms with E-state index in [9.17, 15) is 0 Å². The van der Waals surface area contributed by atoms with E-state index in [0.717, 1.165) is 12.0 Å². The Labute approximate surface area is 74.2 Å². The number of aliphatic hydroxyl groups excluding tert-OH is 2. The van der Waals surface area contributed by atoms with Gasteiger partial charge in [-0.25, -0.2) is 0 Å². The van der Waals surface area contributed by atoms with E-state index in [2.05, 4.69) is 6.08 Å². The van der Waals surface area contributed by atoms with Gasteiger partial charge in [-0.2, -0.15) is 0 Å². The first-order valence-corrected chi connectivity index (χ1v) is 4.17. The molecule has 70 valence electrons. The molecule has 0 bridgehead atoms. The van der Waals surface area contributed by atoms with Gasteiger partial charge >= 0.3 is 0 Å². The molecule has 0 radical (unpaired) electrons. The van der Waals surface area contributed by atoms with Crippen molar-refractivity contribution in [3.8, 4) is 0 Å². The van der Waals surface area contributed by atoms with Crippen LogP contribution in [0.1, 0.15) is 27.2 Å². The normalized spacial score (nSPS) is 14.2. The van der Waals surface area contributed by atoms with Crippen LogP contribution < -0.4 is 0 Å². The molecule has 0 aliphatic carbocycles. The van der Waals surface area contributed by atoms with E-state index in [1.165, 1.54) is 5.57 Å². The second kappa shape index (κ2) is 5.98. The van der Waals surface area contributed by atoms with E-state index < -0.39 is 6.10 Å². The lowest BCUT2D eigenvalue weighted by molar-refractivity contribution is 0.122. The third-order valence-electron chi connectivity index (χ3n) is 1.66. The zero-order valence-electron chi connectivity index (χ0n) is 8.04. The first-order valence-electron chi connectivity index (χ1n) is 4.17. The summed E-state index contributed by atoms with van der Waals surface area (Å²) in [6, 6.07) is 0. The van der Waals surface area contributed by atoms with Gasteiger partial charge in [-0.3, -0.25) is 0 Å². The van der Waals surface area contributed by atoms with Crippen molar-refractivity contribution < 1.29 is 10.2 Å². The van der Waals surface area contributed by atoms with Crippen molar-refractivity contribution in [3.63, 3.8) is 0 Å². The van der Waals surface area contributed by atoms with Crippen molar-refractivity contribution in [1.29, 1.82) is 0 Å². The van der Waals surface area contributed by atoms with Crippen LogP contribution in [0.5, 0.6) is 0 Å². The van der Waals surface area contributed by atoms with Crippen molar-refractivity contribution in [1.82, 2.24) is 0 Å². The standard InChI is InChI=1S/C10H18O2/c1-8(2)5-4-6-9(3)10(12)7-11/h5-6,10-12H,4,7H2,1-3H3/b9-6+/t10-/m1/s1. The third kappa shape index (κ3) is 5.10. The van der Waals surface area contributed by atoms with Crippen molar-refractivity contribution in [3.05, 3.63) is 23.3 Å². The van der Waals surface area contributed by atoms with Crippen LogP contribution in [0, 0.1) is 0 Å². The molecule has 0 saturated heterocycles. The zero-order valence-corrected chi connectivity index (χ0v) is 8.04. The molecule has 2 heteroatoms. The van der Waals surface area contributed by atoms with Gasteiger partial charge in [0, 0.05) is 0 Å². The molecule has 0 spiro atoms. The van der Waals surface area contributed by atoms with Gasteiger partial charge < -0.3 is 10.2 Å². The first-order chi connectivity index (χ1) is 5.57. The highest BCUT2D eigenvalue weighted by atomic mass is 16.3. The van der Waals surface area contributed by atoms with Crippen LogP contribution in [0.15, 0.2) is 23.3 Å². The zero-order chi connectivity index (χ0) is 9.56. The number of rotatable bonds is 4. The fraction of sp³-hybridized carbons (Fsp3) is 0.600. The van der Waals surface area contributed by atoms with E-state index >= 15 is 0 Å². The summed E-state index contributed by atoms with van der Waals surface area (Å²) in [5.74, 6) is 0. The maximum atomic E-state index is 9.15. The van der Waals surface area contributed by atoms with Crippen molar-refractivity contribution in [2.24, 2.45) is 0 Å². The van der Waals surface area contributed by atoms with E-state index in [-0.39, 0.29) is 6.61 Å². The van der Waals surface area contributed by atoms with E-state index in [0.29, 0.717) is 0 Å². The molecule has 0 saturated carbocycles. The monoisotopic (exact) mass is 170 g/mol. The Bertz CT molecular complexity index is 176. The molecular formula is C10H18O2. The van der Waals surface area contributed by atoms with Gasteiger partial charge in [-0.1, -0.05) is 17.7 Å². The molecule has 0 aromatic rings. The molecular weight excluding hydrogens is 152 g/mol. The van der Waals surface area contributed by atoms with Crippen LogP contribution in [0.3, 0.4) is 0 Å². The maximum absolute atomic E-state index is 9.15. The largest absolute Gasteiger partial charge is 0.393 e. The fourth-order valence-electron chi connectivity index (χ4n) is 0.761. The molecule has 12 heavy (non-hydrogen) atoms. The molecule has 0 aliphatic rings. The highest BCUT2D eigenvalue weighted by molar-refractivity contribution is 5.08. The summed E-state index contributed by atoms with van der Waals surface area (Å²) in [7, 11) is 0. The summed E-state index contributed by atoms with van der Waals surface area (Å²) < 4.78 is 0. The van der Waals surface area contributed by atoms with Gasteiger partial charge in [0.1, 0.15) is 0 Å². The van der Waals surface area contributed by atoms with Crippen molar-refractivity contribution >= 4 is 0 Å². The average molecular weight is 170 g/mol.